The van der Waals surface area contributed by atoms with Gasteiger partial charge in [0.25, 0.3) is 11.2 Å². The molecule has 0 bridgehead atoms. The molecule has 2 heterocycles. The van der Waals surface area contributed by atoms with Gasteiger partial charge < -0.3 is 14.6 Å². The summed E-state index contributed by atoms with van der Waals surface area (Å²) in [6, 6.07) is 5.62. The number of carbonyl (C=O) groups excluding carboxylic acids is 1. The molecule has 1 N–H and O–H groups in total. The van der Waals surface area contributed by atoms with E-state index in [1.165, 1.54) is 11.7 Å². The number of nitro groups is 2. The van der Waals surface area contributed by atoms with Crippen LogP contribution in [0.5, 0.6) is 11.5 Å². The molecule has 0 unspecified atom stereocenters. The molecule has 0 fully saturated rings. The van der Waals surface area contributed by atoms with Crippen molar-refractivity contribution in [3.8, 4) is 11.5 Å². The number of phenolic OH excluding ortho intramolecular Hbond substituents is 1. The van der Waals surface area contributed by atoms with Crippen LogP contribution in [0.4, 0.5) is 11.4 Å². The van der Waals surface area contributed by atoms with Gasteiger partial charge in [0.2, 0.25) is 5.75 Å². The summed E-state index contributed by atoms with van der Waals surface area (Å²) in [7, 11) is 1.49. The first-order valence-corrected chi connectivity index (χ1v) is 12.8. The van der Waals surface area contributed by atoms with Gasteiger partial charge in [0.05, 0.1) is 55.9 Å². The third-order valence-electron chi connectivity index (χ3n) is 5.81. The zero-order valence-electron chi connectivity index (χ0n) is 20.5. The first-order chi connectivity index (χ1) is 18.5. The molecule has 1 atom stereocenters. The van der Waals surface area contributed by atoms with Crippen molar-refractivity contribution in [3.05, 3.63) is 97.1 Å². The highest BCUT2D eigenvalue weighted by molar-refractivity contribution is 9.10. The van der Waals surface area contributed by atoms with Gasteiger partial charge in [-0.2, -0.15) is 0 Å². The van der Waals surface area contributed by atoms with Crippen LogP contribution in [0, 0.1) is 20.2 Å². The summed E-state index contributed by atoms with van der Waals surface area (Å²) in [5.41, 5.74) is -1.50. The number of carbonyl (C=O) groups is 1. The quantitative estimate of drug-likeness (QED) is 0.237. The zero-order chi connectivity index (χ0) is 28.6. The number of fused-ring (bicyclic) bond motifs is 1. The van der Waals surface area contributed by atoms with Crippen LogP contribution in [0.3, 0.4) is 0 Å². The summed E-state index contributed by atoms with van der Waals surface area (Å²) in [5.74, 6) is -0.986. The number of aromatic hydroxyl groups is 1. The summed E-state index contributed by atoms with van der Waals surface area (Å²) in [5, 5.41) is 33.1. The number of ether oxygens (including phenoxy) is 2. The van der Waals surface area contributed by atoms with Gasteiger partial charge in [0.1, 0.15) is 5.75 Å². The topological polar surface area (TPSA) is 176 Å². The molecule has 0 spiro atoms. The molecule has 3 aromatic rings. The van der Waals surface area contributed by atoms with E-state index in [-0.39, 0.29) is 27.1 Å². The Hall–Kier alpha value is -4.37. The minimum absolute atomic E-state index is 0.0330. The Morgan fingerprint density at radius 2 is 1.97 bits per heavy atom. The Labute approximate surface area is 231 Å². The molecule has 0 aliphatic carbocycles. The normalized spacial score (nSPS) is 15.0. The number of nitrogens with zero attached hydrogens (tertiary/aromatic N) is 4. The lowest BCUT2D eigenvalue weighted by Gasteiger charge is -2.25. The molecule has 0 radical (unpaired) electrons. The molecule has 1 aliphatic rings. The van der Waals surface area contributed by atoms with Crippen molar-refractivity contribution >= 4 is 50.7 Å². The average molecular weight is 619 g/mol. The van der Waals surface area contributed by atoms with Crippen LogP contribution < -0.4 is 19.6 Å². The summed E-state index contributed by atoms with van der Waals surface area (Å²) in [6.07, 6.45) is 1.11. The van der Waals surface area contributed by atoms with Crippen LogP contribution in [-0.4, -0.2) is 39.2 Å². The molecular formula is C24H19BrN4O9S. The lowest BCUT2D eigenvalue weighted by molar-refractivity contribution is -0.394. The predicted octanol–water partition coefficient (Wildman–Crippen LogP) is 3.09. The van der Waals surface area contributed by atoms with Crippen LogP contribution in [0.25, 0.3) is 6.08 Å². The van der Waals surface area contributed by atoms with E-state index in [1.54, 1.807) is 32.0 Å². The number of hydrogen-bond donors (Lipinski definition) is 1. The summed E-state index contributed by atoms with van der Waals surface area (Å²) >= 11 is 4.31. The van der Waals surface area contributed by atoms with E-state index in [0.29, 0.717) is 27.5 Å². The van der Waals surface area contributed by atoms with E-state index < -0.39 is 44.5 Å². The maximum absolute atomic E-state index is 13.7. The number of non-ortho nitro benzene ring substituents is 1. The van der Waals surface area contributed by atoms with Crippen molar-refractivity contribution < 1.29 is 29.2 Å². The van der Waals surface area contributed by atoms with E-state index >= 15 is 0 Å². The molecule has 1 aliphatic heterocycles. The van der Waals surface area contributed by atoms with E-state index in [1.807, 2.05) is 0 Å². The molecule has 2 aromatic carbocycles. The molecule has 39 heavy (non-hydrogen) atoms. The highest BCUT2D eigenvalue weighted by Crippen LogP contribution is 2.36. The molecule has 1 aromatic heterocycles. The fraction of sp³-hybridized carbons (Fsp3) is 0.208. The van der Waals surface area contributed by atoms with Crippen molar-refractivity contribution in [2.45, 2.75) is 19.9 Å². The maximum atomic E-state index is 13.7. The fourth-order valence-electron chi connectivity index (χ4n) is 4.08. The molecule has 15 heteroatoms. The Kier molecular flexibility index (Phi) is 7.65. The third kappa shape index (κ3) is 5.05. The summed E-state index contributed by atoms with van der Waals surface area (Å²) < 4.78 is 12.3. The van der Waals surface area contributed by atoms with Gasteiger partial charge in [-0.05, 0) is 53.5 Å². The van der Waals surface area contributed by atoms with Crippen LogP contribution in [-0.2, 0) is 9.53 Å². The van der Waals surface area contributed by atoms with Gasteiger partial charge in [0, 0.05) is 11.6 Å². The zero-order valence-corrected chi connectivity index (χ0v) is 22.9. The monoisotopic (exact) mass is 618 g/mol. The molecular weight excluding hydrogens is 600 g/mol. The Morgan fingerprint density at radius 1 is 1.26 bits per heavy atom. The van der Waals surface area contributed by atoms with Crippen molar-refractivity contribution in [1.82, 2.24) is 4.57 Å². The van der Waals surface area contributed by atoms with Crippen molar-refractivity contribution in [3.63, 3.8) is 0 Å². The van der Waals surface area contributed by atoms with Crippen LogP contribution >= 0.6 is 27.3 Å². The number of halogens is 1. The van der Waals surface area contributed by atoms with E-state index in [4.69, 9.17) is 9.47 Å². The molecule has 4 rings (SSSR count). The highest BCUT2D eigenvalue weighted by Gasteiger charge is 2.34. The Balaban J connectivity index is 2.01. The van der Waals surface area contributed by atoms with Gasteiger partial charge in [-0.3, -0.25) is 29.6 Å². The van der Waals surface area contributed by atoms with Gasteiger partial charge in [-0.15, -0.1) is 0 Å². The maximum Gasteiger partial charge on any atom is 0.338 e. The standard InChI is InChI=1S/C24H19BrN4O9S/c1-4-38-23(32)19-11(2)26-24-27(20(19)12-5-6-17(37-3)15(25)8-12)22(31)18(39-24)9-13-7-14(28(33)34)10-16(21(13)30)29(35)36/h5-10,20,30H,4H2,1-3H3/b18-9+/t20-/m0/s1. The number of nitro benzene ring substituents is 2. The predicted molar refractivity (Wildman–Crippen MR) is 143 cm³/mol. The first kappa shape index (κ1) is 27.7. The molecule has 0 saturated carbocycles. The summed E-state index contributed by atoms with van der Waals surface area (Å²) in [6.45, 7) is 3.33. The SMILES string of the molecule is CCOC(=O)C1=C(C)N=c2s/c(=C/c3cc([N+](=O)[O-])cc([N+](=O)[O-])c3O)c(=O)n2[C@H]1c1ccc(OC)c(Br)c1. The summed E-state index contributed by atoms with van der Waals surface area (Å²) in [4.78, 5) is 52.2. The number of hydrogen-bond acceptors (Lipinski definition) is 11. The Morgan fingerprint density at radius 3 is 2.56 bits per heavy atom. The molecule has 0 saturated heterocycles. The first-order valence-electron chi connectivity index (χ1n) is 11.2. The second kappa shape index (κ2) is 10.8. The van der Waals surface area contributed by atoms with Crippen LogP contribution in [0.15, 0.2) is 55.9 Å². The number of allylic oxidation sites excluding steroid dienone is 1. The number of thiazole rings is 1. The van der Waals surface area contributed by atoms with Gasteiger partial charge in [-0.25, -0.2) is 9.79 Å². The molecule has 13 nitrogen and oxygen atoms in total. The van der Waals surface area contributed by atoms with Gasteiger partial charge >= 0.3 is 11.7 Å². The minimum atomic E-state index is -0.961. The second-order valence-corrected chi connectivity index (χ2v) is 9.98. The number of aromatic nitrogens is 1. The lowest BCUT2D eigenvalue weighted by Crippen LogP contribution is -2.40. The van der Waals surface area contributed by atoms with E-state index in [9.17, 15) is 34.9 Å². The average Bonchev–Trinajstić information content (AvgIpc) is 3.18. The van der Waals surface area contributed by atoms with Gasteiger partial charge in [0.15, 0.2) is 4.80 Å². The second-order valence-electron chi connectivity index (χ2n) is 8.11. The highest BCUT2D eigenvalue weighted by atomic mass is 79.9. The molecule has 202 valence electrons. The van der Waals surface area contributed by atoms with Gasteiger partial charge in [-0.1, -0.05) is 17.4 Å². The number of phenols is 1. The Bertz CT molecular complexity index is 1760. The number of methoxy groups -OCH3 is 1. The minimum Gasteiger partial charge on any atom is -0.502 e. The third-order valence-corrected chi connectivity index (χ3v) is 7.41. The van der Waals surface area contributed by atoms with E-state index in [2.05, 4.69) is 20.9 Å². The van der Waals surface area contributed by atoms with Crippen LogP contribution in [0.2, 0.25) is 0 Å². The smallest absolute Gasteiger partial charge is 0.338 e. The number of rotatable bonds is 7. The van der Waals surface area contributed by atoms with Crippen LogP contribution in [0.1, 0.15) is 31.0 Å². The fourth-order valence-corrected chi connectivity index (χ4v) is 5.68. The lowest BCUT2D eigenvalue weighted by atomic mass is 9.96. The largest absolute Gasteiger partial charge is 0.502 e. The van der Waals surface area contributed by atoms with E-state index in [0.717, 1.165) is 23.5 Å². The van der Waals surface area contributed by atoms with Crippen molar-refractivity contribution in [2.24, 2.45) is 4.99 Å². The molecule has 0 amide bonds. The number of esters is 1. The number of benzene rings is 2. The van der Waals surface area contributed by atoms with Crippen molar-refractivity contribution in [1.29, 1.82) is 0 Å². The van der Waals surface area contributed by atoms with Crippen molar-refractivity contribution in [2.75, 3.05) is 13.7 Å².